The van der Waals surface area contributed by atoms with E-state index in [4.69, 9.17) is 5.11 Å². The van der Waals surface area contributed by atoms with Gasteiger partial charge in [0, 0.05) is 20.0 Å². The monoisotopic (exact) mass is 652 g/mol. The van der Waals surface area contributed by atoms with E-state index in [-0.39, 0.29) is 17.0 Å². The number of aliphatic hydroxyl groups excluding tert-OH is 1. The molecule has 48 heavy (non-hydrogen) atoms. The number of allylic oxidation sites excluding steroid dienone is 23. The highest BCUT2D eigenvalue weighted by Crippen LogP contribution is 2.39. The highest BCUT2D eigenvalue weighted by Gasteiger charge is 2.30. The number of hydrogen-bond acceptors (Lipinski definition) is 3. The van der Waals surface area contributed by atoms with E-state index in [0.29, 0.717) is 12.8 Å². The number of Topliss-reactive ketones (excluding diaryl/α,β-unsaturated/α-hetero) is 2. The fraction of sp³-hybridized carbons (Fsp3) is 0.422. The fourth-order valence-corrected chi connectivity index (χ4v) is 4.77. The lowest BCUT2D eigenvalue weighted by Crippen LogP contribution is -2.24. The Morgan fingerprint density at radius 2 is 1.04 bits per heavy atom. The van der Waals surface area contributed by atoms with Crippen molar-refractivity contribution in [2.24, 2.45) is 5.41 Å². The zero-order valence-electron chi connectivity index (χ0n) is 32.0. The summed E-state index contributed by atoms with van der Waals surface area (Å²) in [4.78, 5) is 24.1. The van der Waals surface area contributed by atoms with Crippen LogP contribution in [0.25, 0.3) is 0 Å². The molecule has 0 heterocycles. The van der Waals surface area contributed by atoms with Crippen molar-refractivity contribution in [1.29, 1.82) is 0 Å². The molecule has 0 radical (unpaired) electrons. The molecular formula is C45H64O3. The van der Waals surface area contributed by atoms with E-state index in [1.54, 1.807) is 0 Å². The van der Waals surface area contributed by atoms with Gasteiger partial charge >= 0.3 is 0 Å². The van der Waals surface area contributed by atoms with Crippen LogP contribution in [0.1, 0.15) is 114 Å². The quantitative estimate of drug-likeness (QED) is 0.239. The van der Waals surface area contributed by atoms with Gasteiger partial charge in [0.25, 0.3) is 0 Å². The van der Waals surface area contributed by atoms with Gasteiger partial charge in [-0.3, -0.25) is 9.59 Å². The van der Waals surface area contributed by atoms with Crippen LogP contribution in [0.3, 0.4) is 0 Å². The topological polar surface area (TPSA) is 54.4 Å². The molecule has 0 aliphatic heterocycles. The van der Waals surface area contributed by atoms with E-state index >= 15 is 0 Å². The zero-order chi connectivity index (χ0) is 36.7. The highest BCUT2D eigenvalue weighted by atomic mass is 16.2. The Kier molecular flexibility index (Phi) is 22.4. The molecule has 0 aromatic carbocycles. The van der Waals surface area contributed by atoms with Gasteiger partial charge in [0.15, 0.2) is 11.6 Å². The van der Waals surface area contributed by atoms with Gasteiger partial charge in [-0.2, -0.15) is 0 Å². The Morgan fingerprint density at radius 3 is 1.52 bits per heavy atom. The SMILES string of the molecule is C1CC1.C=C1CCC(=O)C(C)=C1/C=C/C(C)=C/C=C/C(C)=C/C=C/C=C(C)/C=C/C=C(C)/C=C/C1=C(C)C(=O)CCC1(C)C.CC.CO. The third-order valence-corrected chi connectivity index (χ3v) is 8.03. The number of ketones is 2. The first kappa shape index (κ1) is 44.2. The standard InChI is InChI=1S/C39H48O2.C3H6.C2H6.CH4O/c1-28(16-12-18-30(3)20-23-35-32(5)22-25-37(40)33(35)6)14-10-11-15-29(2)17-13-19-31(4)21-24-36-34(7)38(41)26-27-39(36,8)9;1-2-3-1;2*1-2/h10-21,23-24H,5,22,25-27H2,1-4,6-9H3;1-3H2;1-2H3;2H,1H3/b11-10+,16-12+,17-13+,23-20+,24-21+,28-14+,29-15+,30-18+,31-19+;;;. The normalized spacial score (nSPS) is 19.3. The van der Waals surface area contributed by atoms with Gasteiger partial charge in [-0.25, -0.2) is 0 Å². The molecule has 3 rings (SSSR count). The van der Waals surface area contributed by atoms with E-state index in [1.807, 2.05) is 58.1 Å². The molecule has 1 N–H and O–H groups in total. The van der Waals surface area contributed by atoms with Gasteiger partial charge in [0.1, 0.15) is 0 Å². The molecule has 0 amide bonds. The maximum Gasteiger partial charge on any atom is 0.159 e. The van der Waals surface area contributed by atoms with Gasteiger partial charge in [0.2, 0.25) is 0 Å². The number of carbonyl (C=O) groups is 2. The molecule has 3 aliphatic carbocycles. The summed E-state index contributed by atoms with van der Waals surface area (Å²) in [5.74, 6) is 0.488. The lowest BCUT2D eigenvalue weighted by molar-refractivity contribution is -0.117. The van der Waals surface area contributed by atoms with Crippen LogP contribution in [0.5, 0.6) is 0 Å². The molecular weight excluding hydrogens is 588 g/mol. The van der Waals surface area contributed by atoms with E-state index in [0.717, 1.165) is 70.1 Å². The molecule has 0 unspecified atom stereocenters. The number of rotatable bonds is 10. The first-order valence-electron chi connectivity index (χ1n) is 17.5. The van der Waals surface area contributed by atoms with Crippen LogP contribution in [0.2, 0.25) is 0 Å². The molecule has 3 nitrogen and oxygen atoms in total. The van der Waals surface area contributed by atoms with Crippen LogP contribution < -0.4 is 0 Å². The van der Waals surface area contributed by atoms with Crippen molar-refractivity contribution in [3.8, 4) is 0 Å². The smallest absolute Gasteiger partial charge is 0.159 e. The Hall–Kier alpha value is -3.82. The summed E-state index contributed by atoms with van der Waals surface area (Å²) >= 11 is 0. The second kappa shape index (κ2) is 24.3. The number of aliphatic hydroxyl groups is 1. The average Bonchev–Trinajstić information content (AvgIpc) is 3.95. The summed E-state index contributed by atoms with van der Waals surface area (Å²) in [7, 11) is 1.00. The van der Waals surface area contributed by atoms with E-state index < -0.39 is 0 Å². The summed E-state index contributed by atoms with van der Waals surface area (Å²) in [6.45, 7) is 24.7. The molecule has 0 atom stereocenters. The van der Waals surface area contributed by atoms with E-state index in [9.17, 15) is 9.59 Å². The maximum absolute atomic E-state index is 12.1. The first-order chi connectivity index (χ1) is 22.8. The number of carbonyl (C=O) groups excluding carboxylic acids is 2. The van der Waals surface area contributed by atoms with Gasteiger partial charge in [-0.15, -0.1) is 0 Å². The molecule has 1 saturated carbocycles. The largest absolute Gasteiger partial charge is 0.400 e. The van der Waals surface area contributed by atoms with Crippen LogP contribution in [0, 0.1) is 5.41 Å². The van der Waals surface area contributed by atoms with Crippen molar-refractivity contribution in [2.75, 3.05) is 7.11 Å². The lowest BCUT2D eigenvalue weighted by Gasteiger charge is -2.32. The minimum absolute atomic E-state index is 0.0391. The predicted octanol–water partition coefficient (Wildman–Crippen LogP) is 12.3. The summed E-state index contributed by atoms with van der Waals surface area (Å²) < 4.78 is 0. The highest BCUT2D eigenvalue weighted by molar-refractivity contribution is 5.98. The van der Waals surface area contributed by atoms with E-state index in [2.05, 4.69) is 103 Å². The van der Waals surface area contributed by atoms with Gasteiger partial charge in [-0.05, 0) is 87.7 Å². The minimum atomic E-state index is 0.0391. The van der Waals surface area contributed by atoms with Gasteiger partial charge in [-0.1, -0.05) is 161 Å². The van der Waals surface area contributed by atoms with Crippen LogP contribution in [-0.2, 0) is 9.59 Å². The molecule has 0 saturated heterocycles. The Balaban J connectivity index is 0.00000287. The van der Waals surface area contributed by atoms with Crippen molar-refractivity contribution in [3.63, 3.8) is 0 Å². The number of hydrogen-bond donors (Lipinski definition) is 1. The lowest BCUT2D eigenvalue weighted by atomic mass is 9.72. The van der Waals surface area contributed by atoms with E-state index in [1.165, 1.54) is 19.3 Å². The minimum Gasteiger partial charge on any atom is -0.400 e. The van der Waals surface area contributed by atoms with Crippen LogP contribution >= 0.6 is 0 Å². The molecule has 262 valence electrons. The Morgan fingerprint density at radius 1 is 0.625 bits per heavy atom. The predicted molar refractivity (Wildman–Crippen MR) is 211 cm³/mol. The molecule has 0 aromatic rings. The van der Waals surface area contributed by atoms with Gasteiger partial charge in [0.05, 0.1) is 0 Å². The molecule has 0 aromatic heterocycles. The average molecular weight is 653 g/mol. The second-order valence-corrected chi connectivity index (χ2v) is 12.9. The van der Waals surface area contributed by atoms with Crippen LogP contribution in [0.15, 0.2) is 142 Å². The Bertz CT molecular complexity index is 1430. The fourth-order valence-electron chi connectivity index (χ4n) is 4.77. The Labute approximate surface area is 294 Å². The molecule has 0 bridgehead atoms. The summed E-state index contributed by atoms with van der Waals surface area (Å²) in [5, 5.41) is 7.00. The summed E-state index contributed by atoms with van der Waals surface area (Å²) in [5.41, 5.74) is 9.50. The van der Waals surface area contributed by atoms with Crippen molar-refractivity contribution in [2.45, 2.75) is 114 Å². The zero-order valence-corrected chi connectivity index (χ0v) is 32.0. The van der Waals surface area contributed by atoms with Crippen molar-refractivity contribution >= 4 is 11.6 Å². The maximum atomic E-state index is 12.1. The van der Waals surface area contributed by atoms with Crippen molar-refractivity contribution in [3.05, 3.63) is 142 Å². The van der Waals surface area contributed by atoms with Crippen LogP contribution in [0.4, 0.5) is 0 Å². The van der Waals surface area contributed by atoms with Crippen LogP contribution in [-0.4, -0.2) is 23.8 Å². The molecule has 3 heteroatoms. The molecule has 0 spiro atoms. The van der Waals surface area contributed by atoms with Gasteiger partial charge < -0.3 is 5.11 Å². The molecule has 1 fully saturated rings. The molecule has 3 aliphatic rings. The van der Waals surface area contributed by atoms with Crippen molar-refractivity contribution in [1.82, 2.24) is 0 Å². The second-order valence-electron chi connectivity index (χ2n) is 12.9. The van der Waals surface area contributed by atoms with Crippen molar-refractivity contribution < 1.29 is 14.7 Å². The third-order valence-electron chi connectivity index (χ3n) is 8.03. The third kappa shape index (κ3) is 17.9. The summed E-state index contributed by atoms with van der Waals surface area (Å²) in [6.07, 6.45) is 36.3. The summed E-state index contributed by atoms with van der Waals surface area (Å²) in [6, 6.07) is 0. The first-order valence-corrected chi connectivity index (χ1v) is 17.5.